The van der Waals surface area contributed by atoms with Crippen molar-refractivity contribution in [1.82, 2.24) is 4.57 Å². The highest BCUT2D eigenvalue weighted by Gasteiger charge is 2.52. The summed E-state index contributed by atoms with van der Waals surface area (Å²) < 4.78 is 5.03. The number of rotatable bonds is 4. The van der Waals surface area contributed by atoms with E-state index in [-0.39, 0.29) is 0 Å². The van der Waals surface area contributed by atoms with Crippen molar-refractivity contribution in [2.45, 2.75) is 18.5 Å². The zero-order valence-corrected chi connectivity index (χ0v) is 37.9. The van der Waals surface area contributed by atoms with Crippen molar-refractivity contribution in [3.05, 3.63) is 241 Å². The van der Waals surface area contributed by atoms with Crippen molar-refractivity contribution in [2.75, 3.05) is 4.90 Å². The second-order valence-corrected chi connectivity index (χ2v) is 23.8. The van der Waals surface area contributed by atoms with E-state index in [0.717, 1.165) is 11.4 Å². The van der Waals surface area contributed by atoms with Crippen LogP contribution in [0.4, 0.5) is 17.1 Å². The highest BCUT2D eigenvalue weighted by atomic mass is 32.1. The molecule has 0 saturated carbocycles. The molecule has 14 rings (SSSR count). The summed E-state index contributed by atoms with van der Waals surface area (Å²) in [6.07, 6.45) is 0. The number of thiophene rings is 1. The first-order valence-electron chi connectivity index (χ1n) is 22.7. The molecule has 1 spiro atoms. The van der Waals surface area contributed by atoms with Crippen LogP contribution in [0.2, 0.25) is 13.1 Å². The van der Waals surface area contributed by atoms with Crippen LogP contribution in [0.1, 0.15) is 22.3 Å². The molecular weight excluding hydrogens is 821 g/mol. The Kier molecular flexibility index (Phi) is 7.67. The predicted octanol–water partition coefficient (Wildman–Crippen LogP) is 15.3. The SMILES string of the molecule is C[Si]1(C)c2ccccc2C2(c3ccccc3-c3cccc4cccc2c34)c2ccc(N(c3ccc4c5ccccc5n(-c5ccccc5)c4c3)c3cccc4sc5ccccc5c34)cc21. The summed E-state index contributed by atoms with van der Waals surface area (Å²) in [5.41, 5.74) is 14.8. The molecule has 1 unspecified atom stereocenters. The first-order valence-corrected chi connectivity index (χ1v) is 26.5. The molecule has 2 nitrogen and oxygen atoms in total. The van der Waals surface area contributed by atoms with Gasteiger partial charge in [0.1, 0.15) is 8.07 Å². The van der Waals surface area contributed by atoms with E-state index in [1.807, 2.05) is 11.3 Å². The molecule has 1 atom stereocenters. The summed E-state index contributed by atoms with van der Waals surface area (Å²) in [7, 11) is -2.35. The Morgan fingerprint density at radius 2 is 1.06 bits per heavy atom. The lowest BCUT2D eigenvalue weighted by Gasteiger charge is -2.50. The number of nitrogens with zero attached hydrogens (tertiary/aromatic N) is 2. The maximum atomic E-state index is 2.60. The Morgan fingerprint density at radius 3 is 1.95 bits per heavy atom. The molecule has 306 valence electrons. The van der Waals surface area contributed by atoms with Gasteiger partial charge in [-0.3, -0.25) is 0 Å². The molecule has 4 heteroatoms. The van der Waals surface area contributed by atoms with Gasteiger partial charge >= 0.3 is 0 Å². The van der Waals surface area contributed by atoms with Crippen molar-refractivity contribution in [3.8, 4) is 16.8 Å². The van der Waals surface area contributed by atoms with Crippen molar-refractivity contribution in [3.63, 3.8) is 0 Å². The molecule has 1 aliphatic carbocycles. The van der Waals surface area contributed by atoms with Crippen molar-refractivity contribution < 1.29 is 0 Å². The van der Waals surface area contributed by atoms with Crippen LogP contribution in [0.3, 0.4) is 0 Å². The average molecular weight is 863 g/mol. The summed E-state index contributed by atoms with van der Waals surface area (Å²) in [5, 5.41) is 10.7. The van der Waals surface area contributed by atoms with Crippen LogP contribution in [0, 0.1) is 0 Å². The normalized spacial score (nSPS) is 15.7. The third kappa shape index (κ3) is 4.93. The van der Waals surface area contributed by atoms with Crippen molar-refractivity contribution >= 4 is 99.6 Å². The zero-order valence-electron chi connectivity index (χ0n) is 36.1. The Labute approximate surface area is 382 Å². The Bertz CT molecular complexity index is 3950. The van der Waals surface area contributed by atoms with Gasteiger partial charge < -0.3 is 9.47 Å². The highest BCUT2D eigenvalue weighted by molar-refractivity contribution is 7.26. The van der Waals surface area contributed by atoms with Gasteiger partial charge in [-0.15, -0.1) is 11.3 Å². The summed E-state index contributed by atoms with van der Waals surface area (Å²) in [6, 6.07) is 82.7. The van der Waals surface area contributed by atoms with Gasteiger partial charge in [0.25, 0.3) is 0 Å². The molecule has 12 aromatic rings. The molecule has 0 saturated heterocycles. The largest absolute Gasteiger partial charge is 0.310 e. The molecule has 0 amide bonds. The minimum atomic E-state index is -2.35. The lowest BCUT2D eigenvalue weighted by atomic mass is 9.59. The van der Waals surface area contributed by atoms with Gasteiger partial charge in [-0.05, 0) is 115 Å². The van der Waals surface area contributed by atoms with E-state index in [4.69, 9.17) is 0 Å². The van der Waals surface area contributed by atoms with Crippen LogP contribution in [0.5, 0.6) is 0 Å². The molecule has 0 radical (unpaired) electrons. The van der Waals surface area contributed by atoms with Gasteiger partial charge in [0.2, 0.25) is 0 Å². The lowest BCUT2D eigenvalue weighted by molar-refractivity contribution is 0.754. The molecule has 0 bridgehead atoms. The fourth-order valence-electron chi connectivity index (χ4n) is 12.1. The van der Waals surface area contributed by atoms with Gasteiger partial charge in [0.15, 0.2) is 0 Å². The van der Waals surface area contributed by atoms with Crippen LogP contribution < -0.4 is 15.3 Å². The average Bonchev–Trinajstić information content (AvgIpc) is 3.91. The molecule has 10 aromatic carbocycles. The van der Waals surface area contributed by atoms with E-state index in [0.29, 0.717) is 0 Å². The molecule has 2 aromatic heterocycles. The van der Waals surface area contributed by atoms with Gasteiger partial charge in [0.05, 0.1) is 22.1 Å². The van der Waals surface area contributed by atoms with Gasteiger partial charge in [-0.25, -0.2) is 0 Å². The minimum absolute atomic E-state index is 0.499. The van der Waals surface area contributed by atoms with Crippen molar-refractivity contribution in [2.24, 2.45) is 0 Å². The second-order valence-electron chi connectivity index (χ2n) is 18.4. The van der Waals surface area contributed by atoms with Crippen LogP contribution in [-0.2, 0) is 5.41 Å². The Hall–Kier alpha value is -7.50. The van der Waals surface area contributed by atoms with Crippen LogP contribution in [0.25, 0.3) is 69.6 Å². The summed E-state index contributed by atoms with van der Waals surface area (Å²) in [5.74, 6) is 0. The third-order valence-electron chi connectivity index (χ3n) is 14.8. The number of hydrogen-bond donors (Lipinski definition) is 0. The molecule has 0 fully saturated rings. The fraction of sp³-hybridized carbons (Fsp3) is 0.0492. The molecule has 1 aliphatic heterocycles. The van der Waals surface area contributed by atoms with Gasteiger partial charge in [0, 0.05) is 48.0 Å². The minimum Gasteiger partial charge on any atom is -0.310 e. The van der Waals surface area contributed by atoms with E-state index in [1.165, 1.54) is 108 Å². The van der Waals surface area contributed by atoms with Crippen LogP contribution in [-0.4, -0.2) is 12.6 Å². The summed E-state index contributed by atoms with van der Waals surface area (Å²) >= 11 is 1.88. The van der Waals surface area contributed by atoms with E-state index in [9.17, 15) is 0 Å². The van der Waals surface area contributed by atoms with E-state index in [1.54, 1.807) is 0 Å². The number of benzene rings is 10. The van der Waals surface area contributed by atoms with Crippen molar-refractivity contribution in [1.29, 1.82) is 0 Å². The smallest absolute Gasteiger partial charge is 0.113 e. The quantitative estimate of drug-likeness (QED) is 0.160. The maximum Gasteiger partial charge on any atom is 0.113 e. The first kappa shape index (κ1) is 36.9. The number of aromatic nitrogens is 1. The second kappa shape index (κ2) is 13.5. The van der Waals surface area contributed by atoms with Gasteiger partial charge in [-0.1, -0.05) is 171 Å². The maximum absolute atomic E-state index is 2.60. The van der Waals surface area contributed by atoms with E-state index < -0.39 is 13.5 Å². The summed E-state index contributed by atoms with van der Waals surface area (Å²) in [4.78, 5) is 2.57. The zero-order chi connectivity index (χ0) is 43.0. The number of anilines is 3. The highest BCUT2D eigenvalue weighted by Crippen LogP contribution is 2.57. The molecule has 65 heavy (non-hydrogen) atoms. The Morgan fingerprint density at radius 1 is 0.431 bits per heavy atom. The molecule has 0 N–H and O–H groups in total. The third-order valence-corrected chi connectivity index (χ3v) is 19.5. The number of fused-ring (bicyclic) bond motifs is 14. The van der Waals surface area contributed by atoms with Crippen LogP contribution in [0.15, 0.2) is 218 Å². The number of hydrogen-bond acceptors (Lipinski definition) is 2. The Balaban J connectivity index is 1.09. The van der Waals surface area contributed by atoms with E-state index >= 15 is 0 Å². The molecule has 3 heterocycles. The summed E-state index contributed by atoms with van der Waals surface area (Å²) in [6.45, 7) is 5.15. The molecular formula is C61H42N2SSi. The molecule has 2 aliphatic rings. The number of para-hydroxylation sites is 2. The van der Waals surface area contributed by atoms with Gasteiger partial charge in [-0.2, -0.15) is 0 Å². The van der Waals surface area contributed by atoms with E-state index in [2.05, 4.69) is 241 Å². The first-order chi connectivity index (χ1) is 32.0. The predicted molar refractivity (Wildman–Crippen MR) is 280 cm³/mol. The van der Waals surface area contributed by atoms with Crippen LogP contribution >= 0.6 is 11.3 Å². The monoisotopic (exact) mass is 862 g/mol. The topological polar surface area (TPSA) is 8.17 Å². The lowest BCUT2D eigenvalue weighted by Crippen LogP contribution is -2.63. The standard InChI is InChI=1S/C61H42N2SSi/c1-65(2)57-32-13-10-26-49(57)61(48-25-9-6-21-43(48)46-24-14-17-39-18-15-27-51(61)59(39)46)50-36-34-42(38-58(50)65)62(53-29-16-31-56-60(53)47-23-8-12-30-55(47)64-56)41-33-35-45-44-22-7-11-28-52(44)63(54(45)37-41)40-19-4-3-5-20-40/h3-38H,1-2H3. The fourth-order valence-corrected chi connectivity index (χ4v) is 16.5.